The van der Waals surface area contributed by atoms with Crippen molar-refractivity contribution in [2.45, 2.75) is 19.8 Å². The number of hydrogen-bond donors (Lipinski definition) is 1. The fourth-order valence-corrected chi connectivity index (χ4v) is 4.95. The van der Waals surface area contributed by atoms with E-state index in [0.717, 1.165) is 46.9 Å². The molecule has 0 bridgehead atoms. The van der Waals surface area contributed by atoms with E-state index >= 15 is 0 Å². The minimum absolute atomic E-state index is 0.225. The van der Waals surface area contributed by atoms with Crippen molar-refractivity contribution in [1.29, 1.82) is 0 Å². The van der Waals surface area contributed by atoms with Crippen LogP contribution >= 0.6 is 11.6 Å². The molecule has 1 aliphatic heterocycles. The van der Waals surface area contributed by atoms with Gasteiger partial charge in [-0.15, -0.1) is 0 Å². The van der Waals surface area contributed by atoms with Crippen LogP contribution in [0.1, 0.15) is 28.8 Å². The van der Waals surface area contributed by atoms with Gasteiger partial charge in [0.15, 0.2) is 0 Å². The lowest BCUT2D eigenvalue weighted by Crippen LogP contribution is -2.19. The van der Waals surface area contributed by atoms with E-state index in [-0.39, 0.29) is 5.91 Å². The number of benzene rings is 2. The quantitative estimate of drug-likeness (QED) is 0.324. The molecule has 6 rings (SSSR count). The van der Waals surface area contributed by atoms with Crippen LogP contribution in [0.15, 0.2) is 79.4 Å². The number of nitrogens with zero attached hydrogens (tertiary/aromatic N) is 5. The Balaban J connectivity index is 1.30. The first-order valence-electron chi connectivity index (χ1n) is 12.0. The van der Waals surface area contributed by atoms with Crippen LogP contribution in [0.3, 0.4) is 0 Å². The van der Waals surface area contributed by atoms with E-state index in [0.29, 0.717) is 16.3 Å². The van der Waals surface area contributed by atoms with Gasteiger partial charge in [-0.1, -0.05) is 17.7 Å². The summed E-state index contributed by atoms with van der Waals surface area (Å²) in [5.41, 5.74) is 6.96. The van der Waals surface area contributed by atoms with Crippen LogP contribution in [-0.4, -0.2) is 38.2 Å². The number of rotatable bonds is 5. The van der Waals surface area contributed by atoms with Gasteiger partial charge in [0, 0.05) is 60.9 Å². The van der Waals surface area contributed by atoms with Gasteiger partial charge in [0.2, 0.25) is 0 Å². The van der Waals surface area contributed by atoms with Crippen molar-refractivity contribution < 1.29 is 4.79 Å². The maximum absolute atomic E-state index is 13.2. The Bertz CT molecular complexity index is 1570. The number of pyridine rings is 1. The summed E-state index contributed by atoms with van der Waals surface area (Å²) in [6, 6.07) is 17.5. The van der Waals surface area contributed by atoms with E-state index in [1.807, 2.05) is 72.4 Å². The van der Waals surface area contributed by atoms with Crippen LogP contribution in [-0.2, 0) is 0 Å². The SMILES string of the molecule is Cc1ccc(NC(=O)c2cc(N3CCCC3)ccc2Cl)cc1-n1ccn2nc(-c3cccnc3)cc12. The third-order valence-electron chi connectivity index (χ3n) is 6.67. The van der Waals surface area contributed by atoms with E-state index in [9.17, 15) is 4.79 Å². The molecule has 1 amide bonds. The zero-order valence-corrected chi connectivity index (χ0v) is 20.6. The average molecular weight is 497 g/mol. The molecule has 0 aliphatic carbocycles. The molecule has 0 unspecified atom stereocenters. The zero-order chi connectivity index (χ0) is 24.6. The van der Waals surface area contributed by atoms with Gasteiger partial charge >= 0.3 is 0 Å². The summed E-state index contributed by atoms with van der Waals surface area (Å²) in [7, 11) is 0. The molecular weight excluding hydrogens is 472 g/mol. The molecule has 1 fully saturated rings. The van der Waals surface area contributed by atoms with Gasteiger partial charge in [-0.3, -0.25) is 14.3 Å². The highest BCUT2D eigenvalue weighted by molar-refractivity contribution is 6.34. The number of fused-ring (bicyclic) bond motifs is 1. The van der Waals surface area contributed by atoms with Gasteiger partial charge < -0.3 is 10.2 Å². The van der Waals surface area contributed by atoms with Gasteiger partial charge in [-0.2, -0.15) is 5.10 Å². The van der Waals surface area contributed by atoms with Gasteiger partial charge in [-0.25, -0.2) is 4.52 Å². The van der Waals surface area contributed by atoms with E-state index in [4.69, 9.17) is 11.6 Å². The Labute approximate surface area is 214 Å². The lowest BCUT2D eigenvalue weighted by molar-refractivity contribution is 0.102. The third kappa shape index (κ3) is 4.12. The maximum atomic E-state index is 13.2. The van der Waals surface area contributed by atoms with Crippen LogP contribution in [0.5, 0.6) is 0 Å². The number of aromatic nitrogens is 4. The molecule has 1 N–H and O–H groups in total. The molecule has 0 spiro atoms. The smallest absolute Gasteiger partial charge is 0.257 e. The number of amides is 1. The second-order valence-corrected chi connectivity index (χ2v) is 9.46. The van der Waals surface area contributed by atoms with E-state index < -0.39 is 0 Å². The van der Waals surface area contributed by atoms with Crippen LogP contribution < -0.4 is 10.2 Å². The number of hydrogen-bond acceptors (Lipinski definition) is 4. The predicted octanol–water partition coefficient (Wildman–Crippen LogP) is 6.00. The molecule has 0 radical (unpaired) electrons. The molecule has 7 nitrogen and oxygen atoms in total. The van der Waals surface area contributed by atoms with Crippen molar-refractivity contribution in [2.24, 2.45) is 0 Å². The molecule has 1 aliphatic rings. The molecule has 2 aromatic carbocycles. The minimum Gasteiger partial charge on any atom is -0.372 e. The number of carbonyl (C=O) groups is 1. The second kappa shape index (κ2) is 9.17. The zero-order valence-electron chi connectivity index (χ0n) is 19.9. The minimum atomic E-state index is -0.225. The molecule has 4 heterocycles. The van der Waals surface area contributed by atoms with Crippen LogP contribution in [0.25, 0.3) is 22.6 Å². The predicted molar refractivity (Wildman–Crippen MR) is 143 cm³/mol. The Kier molecular flexibility index (Phi) is 5.70. The number of anilines is 2. The molecule has 0 saturated carbocycles. The van der Waals surface area contributed by atoms with Crippen molar-refractivity contribution in [1.82, 2.24) is 19.2 Å². The maximum Gasteiger partial charge on any atom is 0.257 e. The van der Waals surface area contributed by atoms with Gasteiger partial charge in [-0.05, 0) is 67.8 Å². The topological polar surface area (TPSA) is 67.5 Å². The summed E-state index contributed by atoms with van der Waals surface area (Å²) in [5.74, 6) is -0.225. The normalized spacial score (nSPS) is 13.4. The number of carbonyl (C=O) groups excluding carboxylic acids is 1. The fourth-order valence-electron chi connectivity index (χ4n) is 4.74. The summed E-state index contributed by atoms with van der Waals surface area (Å²) in [6.45, 7) is 4.06. The van der Waals surface area contributed by atoms with Crippen molar-refractivity contribution in [2.75, 3.05) is 23.3 Å². The Morgan fingerprint density at radius 1 is 1.03 bits per heavy atom. The van der Waals surface area contributed by atoms with Crippen molar-refractivity contribution in [3.05, 3.63) is 95.5 Å². The summed E-state index contributed by atoms with van der Waals surface area (Å²) >= 11 is 6.42. The summed E-state index contributed by atoms with van der Waals surface area (Å²) in [4.78, 5) is 19.7. The lowest BCUT2D eigenvalue weighted by Gasteiger charge is -2.19. The molecular formula is C28H25ClN6O. The Hall–Kier alpha value is -4.10. The van der Waals surface area contributed by atoms with Crippen molar-refractivity contribution in [3.63, 3.8) is 0 Å². The summed E-state index contributed by atoms with van der Waals surface area (Å²) in [6.07, 6.45) is 9.78. The number of halogens is 1. The molecule has 3 aromatic heterocycles. The van der Waals surface area contributed by atoms with Crippen LogP contribution in [0.2, 0.25) is 5.02 Å². The highest BCUT2D eigenvalue weighted by Crippen LogP contribution is 2.28. The highest BCUT2D eigenvalue weighted by Gasteiger charge is 2.18. The van der Waals surface area contributed by atoms with E-state index in [1.54, 1.807) is 18.5 Å². The largest absolute Gasteiger partial charge is 0.372 e. The van der Waals surface area contributed by atoms with Crippen molar-refractivity contribution >= 4 is 34.5 Å². The van der Waals surface area contributed by atoms with Gasteiger partial charge in [0.05, 0.1) is 22.0 Å². The third-order valence-corrected chi connectivity index (χ3v) is 7.00. The molecule has 0 atom stereocenters. The first kappa shape index (κ1) is 22.4. The monoisotopic (exact) mass is 496 g/mol. The molecule has 36 heavy (non-hydrogen) atoms. The van der Waals surface area contributed by atoms with Crippen molar-refractivity contribution in [3.8, 4) is 16.9 Å². The van der Waals surface area contributed by atoms with E-state index in [2.05, 4.69) is 24.9 Å². The van der Waals surface area contributed by atoms with Crippen LogP contribution in [0.4, 0.5) is 11.4 Å². The number of nitrogens with one attached hydrogen (secondary N) is 1. The standard InChI is InChI=1S/C28H25ClN6O/c1-19-6-7-21(31-28(36)23-16-22(8-9-24(23)29)33-11-2-3-12-33)15-26(19)34-13-14-35-27(34)17-25(32-35)20-5-4-10-30-18-20/h4-10,13-18H,2-3,11-12H2,1H3,(H,31,36). The highest BCUT2D eigenvalue weighted by atomic mass is 35.5. The second-order valence-electron chi connectivity index (χ2n) is 9.06. The Morgan fingerprint density at radius 3 is 2.69 bits per heavy atom. The summed E-state index contributed by atoms with van der Waals surface area (Å²) in [5, 5.41) is 8.17. The molecule has 1 saturated heterocycles. The average Bonchev–Trinajstić information content (AvgIpc) is 3.64. The molecule has 8 heteroatoms. The van der Waals surface area contributed by atoms with E-state index in [1.165, 1.54) is 12.8 Å². The lowest BCUT2D eigenvalue weighted by atomic mass is 10.1. The first-order valence-corrected chi connectivity index (χ1v) is 12.4. The molecule has 180 valence electrons. The summed E-state index contributed by atoms with van der Waals surface area (Å²) < 4.78 is 3.91. The number of imidazole rings is 1. The Morgan fingerprint density at radius 2 is 1.89 bits per heavy atom. The first-order chi connectivity index (χ1) is 17.6. The van der Waals surface area contributed by atoms with Crippen LogP contribution in [0, 0.1) is 6.92 Å². The molecule has 5 aromatic rings. The van der Waals surface area contributed by atoms with Gasteiger partial charge in [0.1, 0.15) is 5.65 Å². The number of aryl methyl sites for hydroxylation is 1. The fraction of sp³-hybridized carbons (Fsp3) is 0.179. The van der Waals surface area contributed by atoms with Gasteiger partial charge in [0.25, 0.3) is 5.91 Å².